The molecule has 5 nitrogen and oxygen atoms in total. The molecule has 2 fully saturated rings. The lowest BCUT2D eigenvalue weighted by atomic mass is 9.92. The molecule has 1 aromatic carbocycles. The zero-order valence-electron chi connectivity index (χ0n) is 13.2. The highest BCUT2D eigenvalue weighted by molar-refractivity contribution is 7.89. The maximum absolute atomic E-state index is 12.9. The van der Waals surface area contributed by atoms with Gasteiger partial charge in [0, 0.05) is 19.1 Å². The van der Waals surface area contributed by atoms with E-state index in [1.165, 1.54) is 16.3 Å². The molecule has 6 heteroatoms. The highest BCUT2D eigenvalue weighted by Gasteiger charge is 2.39. The van der Waals surface area contributed by atoms with E-state index in [2.05, 4.69) is 0 Å². The molecule has 1 saturated heterocycles. The van der Waals surface area contributed by atoms with Crippen LogP contribution in [-0.2, 0) is 27.7 Å². The molecular formula is C17H22N2O3S. The van der Waals surface area contributed by atoms with Crippen LogP contribution in [0.5, 0.6) is 0 Å². The van der Waals surface area contributed by atoms with Crippen molar-refractivity contribution in [3.05, 3.63) is 29.3 Å². The monoisotopic (exact) mass is 334 g/mol. The third-order valence-electron chi connectivity index (χ3n) is 5.17. The first-order valence-corrected chi connectivity index (χ1v) is 9.91. The van der Waals surface area contributed by atoms with Gasteiger partial charge in [0.15, 0.2) is 0 Å². The van der Waals surface area contributed by atoms with Gasteiger partial charge in [-0.15, -0.1) is 0 Å². The second-order valence-electron chi connectivity index (χ2n) is 6.79. The van der Waals surface area contributed by atoms with Gasteiger partial charge in [-0.2, -0.15) is 4.31 Å². The molecule has 2 aliphatic carbocycles. The van der Waals surface area contributed by atoms with Gasteiger partial charge in [-0.25, -0.2) is 8.42 Å². The second-order valence-corrected chi connectivity index (χ2v) is 8.73. The maximum atomic E-state index is 12.9. The van der Waals surface area contributed by atoms with Crippen LogP contribution in [0.1, 0.15) is 36.8 Å². The summed E-state index contributed by atoms with van der Waals surface area (Å²) in [4.78, 5) is 14.4. The summed E-state index contributed by atoms with van der Waals surface area (Å²) >= 11 is 0. The minimum atomic E-state index is -3.57. The first-order chi connectivity index (χ1) is 11.1. The van der Waals surface area contributed by atoms with Crippen molar-refractivity contribution in [1.29, 1.82) is 0 Å². The second kappa shape index (κ2) is 5.60. The van der Waals surface area contributed by atoms with Gasteiger partial charge in [-0.3, -0.25) is 4.79 Å². The van der Waals surface area contributed by atoms with E-state index in [1.807, 2.05) is 17.0 Å². The number of amides is 1. The van der Waals surface area contributed by atoms with E-state index in [0.717, 1.165) is 37.7 Å². The van der Waals surface area contributed by atoms with E-state index in [4.69, 9.17) is 0 Å². The van der Waals surface area contributed by atoms with E-state index >= 15 is 0 Å². The van der Waals surface area contributed by atoms with Crippen LogP contribution in [0, 0.1) is 0 Å². The van der Waals surface area contributed by atoms with Gasteiger partial charge >= 0.3 is 0 Å². The molecule has 23 heavy (non-hydrogen) atoms. The van der Waals surface area contributed by atoms with Crippen molar-refractivity contribution in [2.45, 2.75) is 49.5 Å². The zero-order chi connectivity index (χ0) is 16.0. The largest absolute Gasteiger partial charge is 0.337 e. The van der Waals surface area contributed by atoms with Gasteiger partial charge < -0.3 is 4.90 Å². The highest BCUT2D eigenvalue weighted by Crippen LogP contribution is 2.30. The summed E-state index contributed by atoms with van der Waals surface area (Å²) in [6.45, 7) is 0.908. The average Bonchev–Trinajstić information content (AvgIpc) is 3.39. The Bertz CT molecular complexity index is 740. The van der Waals surface area contributed by atoms with Gasteiger partial charge in [-0.1, -0.05) is 6.07 Å². The Hall–Kier alpha value is -1.40. The SMILES string of the molecule is O=C1CN(S(=O)(=O)c2ccc3c(c2)CCCC3)CCN1C1CC1. The Morgan fingerprint density at radius 1 is 1.00 bits per heavy atom. The van der Waals surface area contributed by atoms with Crippen LogP contribution < -0.4 is 0 Å². The minimum Gasteiger partial charge on any atom is -0.337 e. The standard InChI is InChI=1S/C17H22N2O3S/c20-17-12-18(9-10-19(17)15-6-7-15)23(21,22)16-8-5-13-3-1-2-4-14(13)11-16/h5,8,11,15H,1-4,6-7,9-10,12H2. The maximum Gasteiger partial charge on any atom is 0.243 e. The van der Waals surface area contributed by atoms with Gasteiger partial charge in [0.1, 0.15) is 0 Å². The van der Waals surface area contributed by atoms with Gasteiger partial charge in [-0.05, 0) is 61.8 Å². The summed E-state index contributed by atoms with van der Waals surface area (Å²) < 4.78 is 27.1. The van der Waals surface area contributed by atoms with E-state index in [-0.39, 0.29) is 12.5 Å². The molecule has 0 atom stereocenters. The summed E-state index contributed by atoms with van der Waals surface area (Å²) in [6.07, 6.45) is 6.40. The Balaban J connectivity index is 1.57. The lowest BCUT2D eigenvalue weighted by Crippen LogP contribution is -2.52. The number of rotatable bonds is 3. The Kier molecular flexibility index (Phi) is 3.69. The molecule has 4 rings (SSSR count). The van der Waals surface area contributed by atoms with Gasteiger partial charge in [0.25, 0.3) is 0 Å². The van der Waals surface area contributed by atoms with Crippen molar-refractivity contribution in [1.82, 2.24) is 9.21 Å². The third kappa shape index (κ3) is 2.78. The van der Waals surface area contributed by atoms with Crippen LogP contribution in [0.4, 0.5) is 0 Å². The average molecular weight is 334 g/mol. The smallest absolute Gasteiger partial charge is 0.243 e. The number of piperazine rings is 1. The molecule has 1 aromatic rings. The number of hydrogen-bond acceptors (Lipinski definition) is 3. The molecule has 0 spiro atoms. The third-order valence-corrected chi connectivity index (χ3v) is 7.01. The Morgan fingerprint density at radius 3 is 2.43 bits per heavy atom. The number of fused-ring (bicyclic) bond motifs is 1. The van der Waals surface area contributed by atoms with E-state index in [1.54, 1.807) is 6.07 Å². The molecular weight excluding hydrogens is 312 g/mol. The van der Waals surface area contributed by atoms with E-state index < -0.39 is 10.0 Å². The van der Waals surface area contributed by atoms with Crippen molar-refractivity contribution in [3.63, 3.8) is 0 Å². The lowest BCUT2D eigenvalue weighted by Gasteiger charge is -2.33. The van der Waals surface area contributed by atoms with Crippen molar-refractivity contribution < 1.29 is 13.2 Å². The molecule has 0 radical (unpaired) electrons. The zero-order valence-corrected chi connectivity index (χ0v) is 14.0. The van der Waals surface area contributed by atoms with Crippen molar-refractivity contribution in [2.24, 2.45) is 0 Å². The summed E-state index contributed by atoms with van der Waals surface area (Å²) in [7, 11) is -3.57. The van der Waals surface area contributed by atoms with Crippen LogP contribution in [0.15, 0.2) is 23.1 Å². The lowest BCUT2D eigenvalue weighted by molar-refractivity contribution is -0.134. The topological polar surface area (TPSA) is 57.7 Å². The fourth-order valence-corrected chi connectivity index (χ4v) is 5.09. The quantitative estimate of drug-likeness (QED) is 0.843. The predicted molar refractivity (Wildman–Crippen MR) is 86.6 cm³/mol. The molecule has 1 aliphatic heterocycles. The summed E-state index contributed by atoms with van der Waals surface area (Å²) in [5, 5.41) is 0. The summed E-state index contributed by atoms with van der Waals surface area (Å²) in [5.74, 6) is -0.0553. The van der Waals surface area contributed by atoms with Crippen LogP contribution in [-0.4, -0.2) is 49.2 Å². The molecule has 0 bridgehead atoms. The number of carbonyl (C=O) groups is 1. The summed E-state index contributed by atoms with van der Waals surface area (Å²) in [5.41, 5.74) is 2.42. The van der Waals surface area contributed by atoms with Gasteiger partial charge in [0.05, 0.1) is 11.4 Å². The molecule has 3 aliphatic rings. The number of nitrogens with zero attached hydrogens (tertiary/aromatic N) is 2. The van der Waals surface area contributed by atoms with Crippen LogP contribution in [0.3, 0.4) is 0 Å². The molecule has 0 unspecified atom stereocenters. The highest BCUT2D eigenvalue weighted by atomic mass is 32.2. The van der Waals surface area contributed by atoms with Crippen molar-refractivity contribution >= 4 is 15.9 Å². The number of sulfonamides is 1. The molecule has 1 saturated carbocycles. The van der Waals surface area contributed by atoms with Gasteiger partial charge in [0.2, 0.25) is 15.9 Å². The Labute approximate surface area is 137 Å². The number of hydrogen-bond donors (Lipinski definition) is 0. The van der Waals surface area contributed by atoms with Crippen LogP contribution in [0.25, 0.3) is 0 Å². The predicted octanol–water partition coefficient (Wildman–Crippen LogP) is 1.56. The van der Waals surface area contributed by atoms with Crippen LogP contribution >= 0.6 is 0 Å². The van der Waals surface area contributed by atoms with E-state index in [9.17, 15) is 13.2 Å². The van der Waals surface area contributed by atoms with Crippen molar-refractivity contribution in [2.75, 3.05) is 19.6 Å². The first-order valence-electron chi connectivity index (χ1n) is 8.47. The summed E-state index contributed by atoms with van der Waals surface area (Å²) in [6, 6.07) is 5.83. The molecule has 0 N–H and O–H groups in total. The van der Waals surface area contributed by atoms with Crippen molar-refractivity contribution in [3.8, 4) is 0 Å². The number of carbonyl (C=O) groups excluding carboxylic acids is 1. The minimum absolute atomic E-state index is 0.0179. The molecule has 1 heterocycles. The molecule has 124 valence electrons. The fraction of sp³-hybridized carbons (Fsp3) is 0.588. The first kappa shape index (κ1) is 15.1. The normalized spacial score (nSPS) is 23.0. The molecule has 1 amide bonds. The van der Waals surface area contributed by atoms with E-state index in [0.29, 0.717) is 24.0 Å². The Morgan fingerprint density at radius 2 is 1.74 bits per heavy atom. The fourth-order valence-electron chi connectivity index (χ4n) is 3.66. The number of aryl methyl sites for hydroxylation is 2. The number of benzene rings is 1. The molecule has 0 aromatic heterocycles. The van der Waals surface area contributed by atoms with Crippen LogP contribution in [0.2, 0.25) is 0 Å².